The molecule has 3 rings (SSSR count). The molecule has 0 saturated heterocycles. The van der Waals surface area contributed by atoms with Crippen LogP contribution in [0.5, 0.6) is 11.5 Å². The number of hydrogen-bond acceptors (Lipinski definition) is 3. The fourth-order valence-corrected chi connectivity index (χ4v) is 2.56. The van der Waals surface area contributed by atoms with E-state index in [0.29, 0.717) is 27.6 Å². The molecule has 1 amide bonds. The van der Waals surface area contributed by atoms with E-state index in [1.165, 1.54) is 6.08 Å². The minimum atomic E-state index is -1.24. The van der Waals surface area contributed by atoms with Crippen molar-refractivity contribution in [2.45, 2.75) is 0 Å². The minimum absolute atomic E-state index is 0.228. The summed E-state index contributed by atoms with van der Waals surface area (Å²) in [7, 11) is 0. The molecule has 0 aliphatic carbocycles. The van der Waals surface area contributed by atoms with Crippen molar-refractivity contribution in [2.75, 3.05) is 0 Å². The molecule has 0 aromatic heterocycles. The summed E-state index contributed by atoms with van der Waals surface area (Å²) in [6, 6.07) is 22.2. The third kappa shape index (κ3) is 4.99. The summed E-state index contributed by atoms with van der Waals surface area (Å²) >= 11 is 6.07. The summed E-state index contributed by atoms with van der Waals surface area (Å²) in [5, 5.41) is 12.3. The summed E-state index contributed by atoms with van der Waals surface area (Å²) in [5.74, 6) is -0.655. The molecule has 140 valence electrons. The van der Waals surface area contributed by atoms with Crippen molar-refractivity contribution in [2.24, 2.45) is 0 Å². The van der Waals surface area contributed by atoms with Crippen molar-refractivity contribution >= 4 is 29.6 Å². The van der Waals surface area contributed by atoms with Gasteiger partial charge in [0.2, 0.25) is 0 Å². The van der Waals surface area contributed by atoms with E-state index in [4.69, 9.17) is 16.3 Å². The number of hydrogen-bond donors (Lipinski definition) is 2. The van der Waals surface area contributed by atoms with Crippen molar-refractivity contribution in [3.8, 4) is 11.5 Å². The molecule has 0 atom stereocenters. The van der Waals surface area contributed by atoms with Crippen LogP contribution >= 0.6 is 11.6 Å². The van der Waals surface area contributed by atoms with Crippen LogP contribution in [0.25, 0.3) is 6.08 Å². The van der Waals surface area contributed by atoms with E-state index in [9.17, 15) is 14.7 Å². The van der Waals surface area contributed by atoms with E-state index in [-0.39, 0.29) is 5.70 Å². The molecule has 0 unspecified atom stereocenters. The topological polar surface area (TPSA) is 75.6 Å². The van der Waals surface area contributed by atoms with E-state index < -0.39 is 11.9 Å². The molecule has 3 aromatic carbocycles. The molecule has 2 N–H and O–H groups in total. The van der Waals surface area contributed by atoms with Crippen LogP contribution in [0.15, 0.2) is 84.6 Å². The highest BCUT2D eigenvalue weighted by atomic mass is 35.5. The van der Waals surface area contributed by atoms with Gasteiger partial charge in [-0.25, -0.2) is 4.79 Å². The first-order chi connectivity index (χ1) is 13.5. The lowest BCUT2D eigenvalue weighted by molar-refractivity contribution is -0.132. The van der Waals surface area contributed by atoms with Crippen molar-refractivity contribution < 1.29 is 19.4 Å². The number of nitrogens with one attached hydrogen (secondary N) is 1. The highest BCUT2D eigenvalue weighted by molar-refractivity contribution is 6.32. The zero-order valence-corrected chi connectivity index (χ0v) is 15.4. The summed E-state index contributed by atoms with van der Waals surface area (Å²) in [6.07, 6.45) is 1.38. The Hall–Kier alpha value is -3.57. The van der Waals surface area contributed by atoms with Crippen molar-refractivity contribution in [1.82, 2.24) is 5.32 Å². The summed E-state index contributed by atoms with van der Waals surface area (Å²) in [6.45, 7) is 0. The number of carboxylic acids is 1. The lowest BCUT2D eigenvalue weighted by atomic mass is 10.1. The van der Waals surface area contributed by atoms with Gasteiger partial charge in [-0.2, -0.15) is 0 Å². The van der Waals surface area contributed by atoms with Gasteiger partial charge in [0.05, 0.1) is 5.02 Å². The maximum atomic E-state index is 12.2. The fraction of sp³-hybridized carbons (Fsp3) is 0. The van der Waals surface area contributed by atoms with Gasteiger partial charge in [0.15, 0.2) is 0 Å². The van der Waals surface area contributed by atoms with Crippen molar-refractivity contribution in [3.63, 3.8) is 0 Å². The Kier molecular flexibility index (Phi) is 6.09. The first-order valence-corrected chi connectivity index (χ1v) is 8.74. The number of para-hydroxylation sites is 1. The normalized spacial score (nSPS) is 11.0. The number of benzene rings is 3. The number of rotatable bonds is 6. The SMILES string of the molecule is O=C(O)/C(=C\c1ccc(Oc2ccccc2Cl)cc1)NC(=O)c1ccccc1. The zero-order chi connectivity index (χ0) is 19.9. The van der Waals surface area contributed by atoms with E-state index in [1.54, 1.807) is 72.8 Å². The highest BCUT2D eigenvalue weighted by Crippen LogP contribution is 2.29. The molecule has 5 nitrogen and oxygen atoms in total. The van der Waals surface area contributed by atoms with Gasteiger partial charge in [0.1, 0.15) is 17.2 Å². The lowest BCUT2D eigenvalue weighted by Gasteiger charge is -2.08. The second-order valence-electron chi connectivity index (χ2n) is 5.78. The number of carbonyl (C=O) groups is 2. The molecule has 0 aliphatic heterocycles. The third-order valence-corrected chi connectivity index (χ3v) is 4.08. The molecule has 3 aromatic rings. The number of amides is 1. The van der Waals surface area contributed by atoms with Crippen LogP contribution < -0.4 is 10.1 Å². The Labute approximate surface area is 166 Å². The molecule has 0 fully saturated rings. The average Bonchev–Trinajstić information content (AvgIpc) is 2.71. The summed E-state index contributed by atoms with van der Waals surface area (Å²) < 4.78 is 5.70. The molecular formula is C22H16ClNO4. The van der Waals surface area contributed by atoms with Gasteiger partial charge in [-0.05, 0) is 48.0 Å². The first kappa shape index (κ1) is 19.2. The zero-order valence-electron chi connectivity index (χ0n) is 14.6. The molecule has 0 spiro atoms. The molecule has 0 radical (unpaired) electrons. The molecule has 28 heavy (non-hydrogen) atoms. The van der Waals surface area contributed by atoms with Crippen LogP contribution in [-0.2, 0) is 4.79 Å². The quantitative estimate of drug-likeness (QED) is 0.578. The minimum Gasteiger partial charge on any atom is -0.477 e. The lowest BCUT2D eigenvalue weighted by Crippen LogP contribution is -2.27. The van der Waals surface area contributed by atoms with Crippen LogP contribution in [0.3, 0.4) is 0 Å². The van der Waals surface area contributed by atoms with Gasteiger partial charge in [0, 0.05) is 5.56 Å². The monoisotopic (exact) mass is 393 g/mol. The predicted octanol–water partition coefficient (Wildman–Crippen LogP) is 4.99. The maximum Gasteiger partial charge on any atom is 0.352 e. The molecule has 0 heterocycles. The van der Waals surface area contributed by atoms with Crippen LogP contribution in [0.2, 0.25) is 5.02 Å². The molecule has 6 heteroatoms. The Balaban J connectivity index is 1.75. The molecular weight excluding hydrogens is 378 g/mol. The smallest absolute Gasteiger partial charge is 0.352 e. The van der Waals surface area contributed by atoms with E-state index in [2.05, 4.69) is 5.32 Å². The summed E-state index contributed by atoms with van der Waals surface area (Å²) in [4.78, 5) is 23.7. The number of carbonyl (C=O) groups excluding carboxylic acids is 1. The van der Waals surface area contributed by atoms with Gasteiger partial charge < -0.3 is 15.2 Å². The van der Waals surface area contributed by atoms with E-state index >= 15 is 0 Å². The van der Waals surface area contributed by atoms with Crippen LogP contribution in [0.4, 0.5) is 0 Å². The Morgan fingerprint density at radius 3 is 2.18 bits per heavy atom. The fourth-order valence-electron chi connectivity index (χ4n) is 2.39. The number of aliphatic carboxylic acids is 1. The van der Waals surface area contributed by atoms with E-state index in [0.717, 1.165) is 0 Å². The highest BCUT2D eigenvalue weighted by Gasteiger charge is 2.13. The van der Waals surface area contributed by atoms with Gasteiger partial charge in [-0.1, -0.05) is 54.1 Å². The van der Waals surface area contributed by atoms with Crippen LogP contribution in [0, 0.1) is 0 Å². The number of ether oxygens (including phenoxy) is 1. The van der Waals surface area contributed by atoms with Gasteiger partial charge in [-0.15, -0.1) is 0 Å². The number of halogens is 1. The van der Waals surface area contributed by atoms with Gasteiger partial charge in [0.25, 0.3) is 5.91 Å². The van der Waals surface area contributed by atoms with Crippen LogP contribution in [-0.4, -0.2) is 17.0 Å². The number of carboxylic acid groups (broad SMARTS) is 1. The van der Waals surface area contributed by atoms with Gasteiger partial charge in [-0.3, -0.25) is 4.79 Å². The Morgan fingerprint density at radius 2 is 1.54 bits per heavy atom. The molecule has 0 aliphatic rings. The standard InChI is InChI=1S/C22H16ClNO4/c23-18-8-4-5-9-20(18)28-17-12-10-15(11-13-17)14-19(22(26)27)24-21(25)16-6-2-1-3-7-16/h1-14H,(H,24,25)(H,26,27)/b19-14+. The van der Waals surface area contributed by atoms with Crippen molar-refractivity contribution in [3.05, 3.63) is 101 Å². The van der Waals surface area contributed by atoms with Gasteiger partial charge >= 0.3 is 5.97 Å². The average molecular weight is 394 g/mol. The Morgan fingerprint density at radius 1 is 0.893 bits per heavy atom. The van der Waals surface area contributed by atoms with Crippen LogP contribution in [0.1, 0.15) is 15.9 Å². The summed E-state index contributed by atoms with van der Waals surface area (Å²) in [5.41, 5.74) is 0.740. The third-order valence-electron chi connectivity index (χ3n) is 3.77. The molecule has 0 bridgehead atoms. The van der Waals surface area contributed by atoms with Crippen molar-refractivity contribution in [1.29, 1.82) is 0 Å². The second kappa shape index (κ2) is 8.88. The Bertz CT molecular complexity index is 1010. The molecule has 0 saturated carbocycles. The maximum absolute atomic E-state index is 12.2. The van der Waals surface area contributed by atoms with E-state index in [1.807, 2.05) is 6.07 Å². The predicted molar refractivity (Wildman–Crippen MR) is 107 cm³/mol. The largest absolute Gasteiger partial charge is 0.477 e. The first-order valence-electron chi connectivity index (χ1n) is 8.37. The second-order valence-corrected chi connectivity index (χ2v) is 6.19.